The molecule has 1 aliphatic heterocycles. The van der Waals surface area contributed by atoms with Gasteiger partial charge in [0.05, 0.1) is 18.1 Å². The fourth-order valence-corrected chi connectivity index (χ4v) is 3.99. The molecular formula is C20H40N2O4. The largest absolute Gasteiger partial charge is 0.481 e. The van der Waals surface area contributed by atoms with Crippen molar-refractivity contribution in [2.75, 3.05) is 13.6 Å². The van der Waals surface area contributed by atoms with Crippen LogP contribution in [0, 0.1) is 0 Å². The topological polar surface area (TPSA) is 102 Å². The highest BCUT2D eigenvalue weighted by atomic mass is 16.4. The van der Waals surface area contributed by atoms with Gasteiger partial charge >= 0.3 is 5.97 Å². The smallest absolute Gasteiger partial charge is 0.306 e. The number of rotatable bonds is 14. The summed E-state index contributed by atoms with van der Waals surface area (Å²) in [7, 11) is 1.73. The molecule has 1 heterocycles. The highest BCUT2D eigenvalue weighted by molar-refractivity contribution is 5.68. The molecule has 26 heavy (non-hydrogen) atoms. The highest BCUT2D eigenvalue weighted by Crippen LogP contribution is 2.21. The molecule has 0 aromatic heterocycles. The van der Waals surface area contributed by atoms with Crippen molar-refractivity contribution < 1.29 is 20.1 Å². The third-order valence-corrected chi connectivity index (χ3v) is 5.57. The monoisotopic (exact) mass is 372 g/mol. The van der Waals surface area contributed by atoms with Crippen molar-refractivity contribution in [2.45, 2.75) is 108 Å². The molecule has 0 aliphatic carbocycles. The predicted octanol–water partition coefficient (Wildman–Crippen LogP) is 2.42. The van der Waals surface area contributed by atoms with Gasteiger partial charge in [0.1, 0.15) is 0 Å². The minimum atomic E-state index is -1.13. The number of carbonyl (C=O) groups is 1. The summed E-state index contributed by atoms with van der Waals surface area (Å²) in [4.78, 5) is 10.9. The molecule has 0 amide bonds. The van der Waals surface area contributed by atoms with Crippen LogP contribution in [0.15, 0.2) is 0 Å². The number of hydrogen-bond donors (Lipinski definition) is 5. The van der Waals surface area contributed by atoms with Gasteiger partial charge in [-0.3, -0.25) is 4.79 Å². The molecule has 1 fully saturated rings. The van der Waals surface area contributed by atoms with Crippen LogP contribution in [-0.4, -0.2) is 58.7 Å². The number of nitrogens with one attached hydrogen (secondary N) is 2. The van der Waals surface area contributed by atoms with Crippen LogP contribution >= 0.6 is 0 Å². The zero-order chi connectivity index (χ0) is 19.4. The van der Waals surface area contributed by atoms with Gasteiger partial charge < -0.3 is 26.0 Å². The van der Waals surface area contributed by atoms with Crippen molar-refractivity contribution in [3.63, 3.8) is 0 Å². The van der Waals surface area contributed by atoms with Crippen LogP contribution in [0.4, 0.5) is 0 Å². The molecule has 1 aliphatic rings. The summed E-state index contributed by atoms with van der Waals surface area (Å²) >= 11 is 0. The van der Waals surface area contributed by atoms with E-state index in [0.29, 0.717) is 19.0 Å². The van der Waals surface area contributed by atoms with E-state index in [4.69, 9.17) is 5.11 Å². The Labute approximate surface area is 158 Å². The number of unbranched alkanes of at least 4 members (excludes halogenated alkanes) is 6. The molecule has 4 unspecified atom stereocenters. The van der Waals surface area contributed by atoms with Crippen molar-refractivity contribution in [2.24, 2.45) is 0 Å². The molecule has 0 aromatic carbocycles. The first-order valence-electron chi connectivity index (χ1n) is 10.4. The number of carboxylic acids is 1. The molecule has 0 bridgehead atoms. The van der Waals surface area contributed by atoms with E-state index in [1.54, 1.807) is 7.05 Å². The lowest BCUT2D eigenvalue weighted by Gasteiger charge is -2.32. The summed E-state index contributed by atoms with van der Waals surface area (Å²) in [5, 5.41) is 35.4. The Hall–Kier alpha value is -0.690. The number of carboxylic acid groups (broad SMARTS) is 1. The van der Waals surface area contributed by atoms with Gasteiger partial charge in [-0.05, 0) is 39.7 Å². The van der Waals surface area contributed by atoms with Gasteiger partial charge in [0.25, 0.3) is 0 Å². The van der Waals surface area contributed by atoms with Crippen LogP contribution in [0.1, 0.15) is 84.0 Å². The molecule has 0 radical (unpaired) electrons. The van der Waals surface area contributed by atoms with E-state index in [0.717, 1.165) is 32.1 Å². The first-order chi connectivity index (χ1) is 12.4. The van der Waals surface area contributed by atoms with Gasteiger partial charge in [-0.2, -0.15) is 0 Å². The third kappa shape index (κ3) is 9.86. The van der Waals surface area contributed by atoms with Crippen LogP contribution in [0.2, 0.25) is 0 Å². The Bertz CT molecular complexity index is 394. The Morgan fingerprint density at radius 1 is 1.12 bits per heavy atom. The predicted molar refractivity (Wildman–Crippen MR) is 104 cm³/mol. The van der Waals surface area contributed by atoms with Gasteiger partial charge in [-0.1, -0.05) is 44.9 Å². The highest BCUT2D eigenvalue weighted by Gasteiger charge is 2.28. The van der Waals surface area contributed by atoms with Crippen LogP contribution in [0.25, 0.3) is 0 Å². The van der Waals surface area contributed by atoms with Crippen LogP contribution in [-0.2, 0) is 4.79 Å². The number of aliphatic hydroxyl groups is 2. The molecule has 0 saturated carbocycles. The van der Waals surface area contributed by atoms with Crippen LogP contribution in [0.5, 0.6) is 0 Å². The molecule has 5 N–H and O–H groups in total. The summed E-state index contributed by atoms with van der Waals surface area (Å²) in [6, 6.07) is 0.781. The maximum absolute atomic E-state index is 10.9. The second-order valence-electron chi connectivity index (χ2n) is 8.14. The van der Waals surface area contributed by atoms with Crippen LogP contribution < -0.4 is 10.6 Å². The van der Waals surface area contributed by atoms with E-state index in [1.807, 2.05) is 0 Å². The first kappa shape index (κ1) is 23.3. The quantitative estimate of drug-likeness (QED) is 0.300. The van der Waals surface area contributed by atoms with Crippen molar-refractivity contribution in [3.8, 4) is 0 Å². The summed E-state index contributed by atoms with van der Waals surface area (Å²) in [5.41, 5.74) is -1.13. The van der Waals surface area contributed by atoms with Gasteiger partial charge in [0, 0.05) is 18.6 Å². The zero-order valence-electron chi connectivity index (χ0n) is 16.7. The molecule has 4 atom stereocenters. The lowest BCUT2D eigenvalue weighted by atomic mass is 9.91. The van der Waals surface area contributed by atoms with Crippen molar-refractivity contribution in [3.05, 3.63) is 0 Å². The Morgan fingerprint density at radius 2 is 1.73 bits per heavy atom. The minimum absolute atomic E-state index is 0.187. The second-order valence-corrected chi connectivity index (χ2v) is 8.14. The number of likely N-dealkylation sites (N-methyl/N-ethyl adjacent to an activating group) is 1. The lowest BCUT2D eigenvalue weighted by Crippen LogP contribution is -2.48. The Kier molecular flexibility index (Phi) is 11.4. The maximum Gasteiger partial charge on any atom is 0.306 e. The van der Waals surface area contributed by atoms with Crippen molar-refractivity contribution in [1.29, 1.82) is 0 Å². The normalized spacial score (nSPS) is 25.8. The summed E-state index contributed by atoms with van der Waals surface area (Å²) in [5.74, 6) is -0.945. The van der Waals surface area contributed by atoms with Gasteiger partial charge in [0.2, 0.25) is 0 Å². The van der Waals surface area contributed by atoms with E-state index >= 15 is 0 Å². The molecule has 154 valence electrons. The molecular weight excluding hydrogens is 332 g/mol. The van der Waals surface area contributed by atoms with Crippen molar-refractivity contribution in [1.82, 2.24) is 10.6 Å². The van der Waals surface area contributed by atoms with Gasteiger partial charge in [-0.15, -0.1) is 0 Å². The van der Waals surface area contributed by atoms with Gasteiger partial charge in [0.15, 0.2) is 0 Å². The number of aliphatic hydroxyl groups excluding tert-OH is 1. The second kappa shape index (κ2) is 12.7. The lowest BCUT2D eigenvalue weighted by molar-refractivity contribution is -0.142. The van der Waals surface area contributed by atoms with Crippen LogP contribution in [0.3, 0.4) is 0 Å². The molecule has 6 heteroatoms. The fourth-order valence-electron chi connectivity index (χ4n) is 3.99. The fraction of sp³-hybridized carbons (Fsp3) is 0.950. The molecule has 0 spiro atoms. The summed E-state index contributed by atoms with van der Waals surface area (Å²) in [6.45, 7) is 2.38. The molecule has 0 aromatic rings. The molecule has 6 nitrogen and oxygen atoms in total. The minimum Gasteiger partial charge on any atom is -0.481 e. The Morgan fingerprint density at radius 3 is 2.31 bits per heavy atom. The zero-order valence-corrected chi connectivity index (χ0v) is 16.7. The molecule has 1 rings (SSSR count). The van der Waals surface area contributed by atoms with E-state index in [2.05, 4.69) is 17.6 Å². The SMILES string of the molecule is CNCC(O)(CCCCCCCCCC1CCC(O)C(C)N1)CC(=O)O. The number of hydrogen-bond acceptors (Lipinski definition) is 5. The average Bonchev–Trinajstić information content (AvgIpc) is 2.56. The van der Waals surface area contributed by atoms with Crippen molar-refractivity contribution >= 4 is 5.97 Å². The number of aliphatic carboxylic acids is 1. The average molecular weight is 373 g/mol. The van der Waals surface area contributed by atoms with Gasteiger partial charge in [-0.25, -0.2) is 0 Å². The maximum atomic E-state index is 10.9. The molecule has 1 saturated heterocycles. The van der Waals surface area contributed by atoms with E-state index in [1.165, 1.54) is 32.1 Å². The van der Waals surface area contributed by atoms with E-state index in [9.17, 15) is 15.0 Å². The van der Waals surface area contributed by atoms with E-state index in [-0.39, 0.29) is 18.6 Å². The first-order valence-corrected chi connectivity index (χ1v) is 10.4. The summed E-state index contributed by atoms with van der Waals surface area (Å²) < 4.78 is 0. The third-order valence-electron chi connectivity index (χ3n) is 5.57. The summed E-state index contributed by atoms with van der Waals surface area (Å²) in [6.07, 6.45) is 11.3. The standard InChI is InChI=1S/C20H40N2O4/c1-16-18(23)12-11-17(22-16)10-8-6-4-3-5-7-9-13-20(26,15-21-2)14-19(24)25/h16-18,21-23,26H,3-15H2,1-2H3,(H,24,25). The van der Waals surface area contributed by atoms with E-state index < -0.39 is 11.6 Å². The number of piperidine rings is 1. The Balaban J connectivity index is 1.99.